The summed E-state index contributed by atoms with van der Waals surface area (Å²) in [6, 6.07) is 14.7. The van der Waals surface area contributed by atoms with E-state index in [4.69, 9.17) is 4.74 Å². The molecule has 114 valence electrons. The molecule has 2 aromatic rings. The maximum absolute atomic E-state index is 11.4. The van der Waals surface area contributed by atoms with Crippen LogP contribution in [0.3, 0.4) is 0 Å². The summed E-state index contributed by atoms with van der Waals surface area (Å²) in [4.78, 5) is 11.4. The number of carbonyl (C=O) groups excluding carboxylic acids is 1. The summed E-state index contributed by atoms with van der Waals surface area (Å²) in [6.45, 7) is 5.99. The third-order valence-corrected chi connectivity index (χ3v) is 3.69. The van der Waals surface area contributed by atoms with Gasteiger partial charge in [0.05, 0.1) is 0 Å². The van der Waals surface area contributed by atoms with Crippen molar-refractivity contribution in [3.05, 3.63) is 71.8 Å². The Kier molecular flexibility index (Phi) is 4.66. The Labute approximate surface area is 130 Å². The van der Waals surface area contributed by atoms with Gasteiger partial charge >= 0.3 is 5.97 Å². The zero-order chi connectivity index (χ0) is 16.2. The van der Waals surface area contributed by atoms with Crippen LogP contribution in [0.2, 0.25) is 0 Å². The van der Waals surface area contributed by atoms with E-state index in [0.717, 1.165) is 11.1 Å². The second-order valence-electron chi connectivity index (χ2n) is 5.62. The van der Waals surface area contributed by atoms with Crippen molar-refractivity contribution in [1.82, 2.24) is 0 Å². The number of hydrogen-bond donors (Lipinski definition) is 1. The van der Waals surface area contributed by atoms with Crippen LogP contribution in [0.15, 0.2) is 60.7 Å². The highest BCUT2D eigenvalue weighted by Crippen LogP contribution is 2.33. The van der Waals surface area contributed by atoms with E-state index >= 15 is 0 Å². The molecule has 0 aliphatic carbocycles. The molecule has 0 atom stereocenters. The van der Waals surface area contributed by atoms with Gasteiger partial charge in [0.1, 0.15) is 11.5 Å². The quantitative estimate of drug-likeness (QED) is 0.522. The summed E-state index contributed by atoms with van der Waals surface area (Å²) >= 11 is 0. The summed E-state index contributed by atoms with van der Waals surface area (Å²) < 4.78 is 5.19. The molecule has 0 aromatic heterocycles. The molecule has 0 unspecified atom stereocenters. The summed E-state index contributed by atoms with van der Waals surface area (Å²) in [5, 5.41) is 9.40. The van der Waals surface area contributed by atoms with Crippen molar-refractivity contribution in [2.75, 3.05) is 0 Å². The average molecular weight is 296 g/mol. The lowest BCUT2D eigenvalue weighted by molar-refractivity contribution is -0.129. The van der Waals surface area contributed by atoms with Crippen LogP contribution in [-0.2, 0) is 10.2 Å². The molecular weight excluding hydrogens is 276 g/mol. The number of phenols is 1. The minimum absolute atomic E-state index is 0.209. The Morgan fingerprint density at radius 3 is 2.00 bits per heavy atom. The van der Waals surface area contributed by atoms with Gasteiger partial charge in [-0.25, -0.2) is 4.79 Å². The van der Waals surface area contributed by atoms with E-state index in [2.05, 4.69) is 13.8 Å². The molecule has 22 heavy (non-hydrogen) atoms. The highest BCUT2D eigenvalue weighted by molar-refractivity contribution is 5.83. The van der Waals surface area contributed by atoms with Crippen LogP contribution in [-0.4, -0.2) is 11.1 Å². The molecule has 2 aromatic carbocycles. The van der Waals surface area contributed by atoms with E-state index in [-0.39, 0.29) is 17.1 Å². The van der Waals surface area contributed by atoms with Crippen molar-refractivity contribution in [3.63, 3.8) is 0 Å². The van der Waals surface area contributed by atoms with Crippen LogP contribution in [0.5, 0.6) is 11.5 Å². The lowest BCUT2D eigenvalue weighted by Gasteiger charge is -2.26. The van der Waals surface area contributed by atoms with Crippen LogP contribution in [0, 0.1) is 0 Å². The van der Waals surface area contributed by atoms with E-state index in [1.807, 2.05) is 24.3 Å². The number of phenolic OH excluding ortho intramolecular Hbond substituents is 1. The Balaban J connectivity index is 2.21. The number of rotatable bonds is 4. The summed E-state index contributed by atoms with van der Waals surface area (Å²) in [5.74, 6) is 0.396. The molecule has 0 saturated carbocycles. The van der Waals surface area contributed by atoms with E-state index in [1.54, 1.807) is 37.3 Å². The van der Waals surface area contributed by atoms with Gasteiger partial charge in [-0.1, -0.05) is 44.2 Å². The first kappa shape index (κ1) is 15.8. The third-order valence-electron chi connectivity index (χ3n) is 3.69. The van der Waals surface area contributed by atoms with E-state index in [1.165, 1.54) is 6.08 Å². The number of esters is 1. The first-order chi connectivity index (χ1) is 10.4. The third kappa shape index (κ3) is 3.55. The fourth-order valence-electron chi connectivity index (χ4n) is 2.27. The van der Waals surface area contributed by atoms with Crippen LogP contribution in [0.1, 0.15) is 31.9 Å². The fraction of sp³-hybridized carbons (Fsp3) is 0.211. The molecule has 3 nitrogen and oxygen atoms in total. The lowest BCUT2D eigenvalue weighted by atomic mass is 9.78. The monoisotopic (exact) mass is 296 g/mol. The van der Waals surface area contributed by atoms with Gasteiger partial charge in [-0.2, -0.15) is 0 Å². The van der Waals surface area contributed by atoms with Gasteiger partial charge in [0.25, 0.3) is 0 Å². The van der Waals surface area contributed by atoms with Crippen molar-refractivity contribution in [1.29, 1.82) is 0 Å². The summed E-state index contributed by atoms with van der Waals surface area (Å²) in [6.07, 6.45) is 3.03. The second-order valence-corrected chi connectivity index (χ2v) is 5.62. The molecule has 0 heterocycles. The van der Waals surface area contributed by atoms with Crippen molar-refractivity contribution < 1.29 is 14.6 Å². The van der Waals surface area contributed by atoms with Crippen LogP contribution in [0.4, 0.5) is 0 Å². The largest absolute Gasteiger partial charge is 0.508 e. The molecule has 0 spiro atoms. The van der Waals surface area contributed by atoms with Crippen LogP contribution >= 0.6 is 0 Å². The molecule has 0 fully saturated rings. The predicted molar refractivity (Wildman–Crippen MR) is 87.1 cm³/mol. The Bertz CT molecular complexity index is 665. The van der Waals surface area contributed by atoms with Crippen LogP contribution < -0.4 is 4.74 Å². The summed E-state index contributed by atoms with van der Waals surface area (Å²) in [7, 11) is 0. The normalized spacial score (nSPS) is 11.6. The Morgan fingerprint density at radius 2 is 1.50 bits per heavy atom. The van der Waals surface area contributed by atoms with Crippen molar-refractivity contribution in [3.8, 4) is 11.5 Å². The number of aromatic hydroxyl groups is 1. The minimum Gasteiger partial charge on any atom is -0.508 e. The number of allylic oxidation sites excluding steroid dienone is 1. The Hall–Kier alpha value is -2.55. The molecule has 2 rings (SSSR count). The summed E-state index contributed by atoms with van der Waals surface area (Å²) in [5.41, 5.74) is 1.99. The van der Waals surface area contributed by atoms with Crippen LogP contribution in [0.25, 0.3) is 0 Å². The first-order valence-corrected chi connectivity index (χ1v) is 7.18. The van der Waals surface area contributed by atoms with Gasteiger partial charge in [0.2, 0.25) is 0 Å². The molecule has 0 radical (unpaired) electrons. The zero-order valence-electron chi connectivity index (χ0n) is 13.0. The smallest absolute Gasteiger partial charge is 0.335 e. The maximum atomic E-state index is 11.4. The van der Waals surface area contributed by atoms with Gasteiger partial charge in [-0.05, 0) is 42.3 Å². The standard InChI is InChI=1S/C19H20O3/c1-4-5-18(21)22-17-12-8-15(9-13-17)19(2,3)14-6-10-16(20)11-7-14/h4-13,20H,1-3H3. The zero-order valence-corrected chi connectivity index (χ0v) is 13.0. The number of carbonyl (C=O) groups is 1. The molecular formula is C19H20O3. The molecule has 0 amide bonds. The second kappa shape index (κ2) is 6.48. The topological polar surface area (TPSA) is 46.5 Å². The van der Waals surface area contributed by atoms with Gasteiger partial charge in [0.15, 0.2) is 0 Å². The lowest BCUT2D eigenvalue weighted by Crippen LogP contribution is -2.18. The molecule has 0 aliphatic rings. The van der Waals surface area contributed by atoms with E-state index in [0.29, 0.717) is 5.75 Å². The minimum atomic E-state index is -0.381. The number of benzene rings is 2. The SMILES string of the molecule is CC=CC(=O)Oc1ccc(C(C)(C)c2ccc(O)cc2)cc1. The number of ether oxygens (including phenoxy) is 1. The first-order valence-electron chi connectivity index (χ1n) is 7.18. The van der Waals surface area contributed by atoms with E-state index < -0.39 is 0 Å². The van der Waals surface area contributed by atoms with Gasteiger partial charge < -0.3 is 9.84 Å². The fourth-order valence-corrected chi connectivity index (χ4v) is 2.27. The predicted octanol–water partition coefficient (Wildman–Crippen LogP) is 4.20. The van der Waals surface area contributed by atoms with Crippen molar-refractivity contribution in [2.24, 2.45) is 0 Å². The van der Waals surface area contributed by atoms with Gasteiger partial charge in [-0.15, -0.1) is 0 Å². The highest BCUT2D eigenvalue weighted by Gasteiger charge is 2.23. The van der Waals surface area contributed by atoms with Gasteiger partial charge in [-0.3, -0.25) is 0 Å². The molecule has 3 heteroatoms. The molecule has 0 bridgehead atoms. The van der Waals surface area contributed by atoms with Gasteiger partial charge in [0, 0.05) is 11.5 Å². The van der Waals surface area contributed by atoms with E-state index in [9.17, 15) is 9.90 Å². The van der Waals surface area contributed by atoms with Crippen molar-refractivity contribution in [2.45, 2.75) is 26.2 Å². The molecule has 1 N–H and O–H groups in total. The number of hydrogen-bond acceptors (Lipinski definition) is 3. The molecule has 0 aliphatic heterocycles. The van der Waals surface area contributed by atoms with Crippen molar-refractivity contribution >= 4 is 5.97 Å². The molecule has 0 saturated heterocycles. The highest BCUT2D eigenvalue weighted by atomic mass is 16.5. The maximum Gasteiger partial charge on any atom is 0.335 e. The average Bonchev–Trinajstić information content (AvgIpc) is 2.48. The Morgan fingerprint density at radius 1 is 1.00 bits per heavy atom.